The van der Waals surface area contributed by atoms with E-state index in [1.54, 1.807) is 45.0 Å². The Kier molecular flexibility index (Phi) is 6.18. The van der Waals surface area contributed by atoms with Crippen LogP contribution in [0.15, 0.2) is 29.4 Å². The minimum atomic E-state index is -0.500. The fourth-order valence-electron chi connectivity index (χ4n) is 1.34. The third kappa shape index (κ3) is 4.66. The maximum atomic E-state index is 11.8. The van der Waals surface area contributed by atoms with Crippen LogP contribution in [0, 0.1) is 5.92 Å². The number of rotatable bonds is 5. The summed E-state index contributed by atoms with van der Waals surface area (Å²) in [5.74, 6) is -1.23. The molecule has 0 aromatic heterocycles. The molecule has 0 saturated heterocycles. The number of hydrogen-bond acceptors (Lipinski definition) is 4. The highest BCUT2D eigenvalue weighted by Crippen LogP contribution is 2.09. The van der Waals surface area contributed by atoms with Crippen molar-refractivity contribution in [2.75, 3.05) is 6.61 Å². The summed E-state index contributed by atoms with van der Waals surface area (Å²) >= 11 is 5.74. The van der Waals surface area contributed by atoms with Gasteiger partial charge in [0.15, 0.2) is 0 Å². The summed E-state index contributed by atoms with van der Waals surface area (Å²) in [6, 6.07) is 6.43. The first kappa shape index (κ1) is 16.2. The Balaban J connectivity index is 2.64. The van der Waals surface area contributed by atoms with Crippen molar-refractivity contribution in [3.05, 3.63) is 34.9 Å². The monoisotopic (exact) mass is 296 g/mol. The number of carbonyl (C=O) groups is 2. The molecule has 1 atom stereocenters. The molecule has 108 valence electrons. The molecule has 0 fully saturated rings. The first-order chi connectivity index (χ1) is 9.45. The zero-order valence-electron chi connectivity index (χ0n) is 11.6. The molecule has 0 spiro atoms. The number of nitrogens with one attached hydrogen (secondary N) is 1. The van der Waals surface area contributed by atoms with E-state index in [1.807, 2.05) is 0 Å². The molecule has 1 aromatic carbocycles. The van der Waals surface area contributed by atoms with Gasteiger partial charge in [0, 0.05) is 16.3 Å². The fourth-order valence-corrected chi connectivity index (χ4v) is 1.47. The Bertz CT molecular complexity index is 512. The van der Waals surface area contributed by atoms with Crippen LogP contribution < -0.4 is 5.43 Å². The van der Waals surface area contributed by atoms with Gasteiger partial charge in [-0.1, -0.05) is 11.6 Å². The Hall–Kier alpha value is -1.88. The van der Waals surface area contributed by atoms with Crippen LogP contribution in [0.3, 0.4) is 0 Å². The van der Waals surface area contributed by atoms with Crippen molar-refractivity contribution in [3.63, 3.8) is 0 Å². The third-order valence-electron chi connectivity index (χ3n) is 2.71. The minimum absolute atomic E-state index is 0.313. The van der Waals surface area contributed by atoms with Gasteiger partial charge in [0.2, 0.25) is 0 Å². The molecule has 0 aliphatic rings. The van der Waals surface area contributed by atoms with Crippen LogP contribution in [0.2, 0.25) is 5.02 Å². The number of ether oxygens (including phenoxy) is 1. The van der Waals surface area contributed by atoms with E-state index in [4.69, 9.17) is 16.3 Å². The average Bonchev–Trinajstić information content (AvgIpc) is 2.44. The largest absolute Gasteiger partial charge is 0.465 e. The Morgan fingerprint density at radius 2 is 1.95 bits per heavy atom. The lowest BCUT2D eigenvalue weighted by molar-refractivity contribution is -0.145. The first-order valence-corrected chi connectivity index (χ1v) is 6.60. The van der Waals surface area contributed by atoms with Crippen LogP contribution in [-0.2, 0) is 9.53 Å². The predicted molar refractivity (Wildman–Crippen MR) is 77.8 cm³/mol. The lowest BCUT2D eigenvalue weighted by Gasteiger charge is -2.10. The number of carbonyl (C=O) groups excluding carboxylic acids is 2. The van der Waals surface area contributed by atoms with Crippen LogP contribution in [0.25, 0.3) is 0 Å². The molecular weight excluding hydrogens is 280 g/mol. The Morgan fingerprint density at radius 3 is 2.50 bits per heavy atom. The van der Waals surface area contributed by atoms with E-state index in [1.165, 1.54) is 0 Å². The van der Waals surface area contributed by atoms with E-state index in [2.05, 4.69) is 10.5 Å². The van der Waals surface area contributed by atoms with Gasteiger partial charge in [-0.2, -0.15) is 5.10 Å². The molecule has 0 heterocycles. The van der Waals surface area contributed by atoms with Crippen molar-refractivity contribution in [3.8, 4) is 0 Å². The van der Waals surface area contributed by atoms with Crippen LogP contribution >= 0.6 is 11.6 Å². The van der Waals surface area contributed by atoms with Crippen molar-refractivity contribution in [2.24, 2.45) is 11.0 Å². The lowest BCUT2D eigenvalue weighted by Crippen LogP contribution is -2.25. The number of halogens is 1. The van der Waals surface area contributed by atoms with Crippen molar-refractivity contribution in [2.45, 2.75) is 20.8 Å². The summed E-state index contributed by atoms with van der Waals surface area (Å²) in [5, 5.41) is 4.46. The maximum absolute atomic E-state index is 11.8. The summed E-state index contributed by atoms with van der Waals surface area (Å²) in [6.07, 6.45) is 0. The maximum Gasteiger partial charge on any atom is 0.314 e. The van der Waals surface area contributed by atoms with Gasteiger partial charge in [0.05, 0.1) is 12.5 Å². The summed E-state index contributed by atoms with van der Waals surface area (Å²) < 4.78 is 4.88. The smallest absolute Gasteiger partial charge is 0.314 e. The number of amides is 1. The van der Waals surface area contributed by atoms with Crippen LogP contribution in [0.4, 0.5) is 0 Å². The number of nitrogens with zero attached hydrogens (tertiary/aromatic N) is 1. The van der Waals surface area contributed by atoms with E-state index in [0.29, 0.717) is 22.9 Å². The van der Waals surface area contributed by atoms with Crippen LogP contribution in [0.5, 0.6) is 0 Å². The highest BCUT2D eigenvalue weighted by atomic mass is 35.5. The van der Waals surface area contributed by atoms with E-state index < -0.39 is 5.92 Å². The highest BCUT2D eigenvalue weighted by Gasteiger charge is 2.17. The Morgan fingerprint density at radius 1 is 1.35 bits per heavy atom. The topological polar surface area (TPSA) is 67.8 Å². The molecule has 1 N–H and O–H groups in total. The van der Waals surface area contributed by atoms with E-state index in [-0.39, 0.29) is 11.9 Å². The molecule has 1 amide bonds. The fraction of sp³-hybridized carbons (Fsp3) is 0.357. The number of benzene rings is 1. The normalized spacial score (nSPS) is 12.7. The van der Waals surface area contributed by atoms with Crippen LogP contribution in [0.1, 0.15) is 31.1 Å². The van der Waals surface area contributed by atoms with Gasteiger partial charge in [-0.3, -0.25) is 9.59 Å². The van der Waals surface area contributed by atoms with Gasteiger partial charge in [-0.05, 0) is 45.0 Å². The van der Waals surface area contributed by atoms with Gasteiger partial charge < -0.3 is 4.74 Å². The van der Waals surface area contributed by atoms with Gasteiger partial charge in [-0.15, -0.1) is 0 Å². The molecule has 0 bridgehead atoms. The molecule has 6 heteroatoms. The zero-order chi connectivity index (χ0) is 15.1. The molecule has 0 aliphatic heterocycles. The molecule has 20 heavy (non-hydrogen) atoms. The molecule has 0 radical (unpaired) electrons. The van der Waals surface area contributed by atoms with Crippen molar-refractivity contribution >= 4 is 29.2 Å². The molecule has 0 saturated carbocycles. The Labute approximate surface area is 123 Å². The number of hydrogen-bond donors (Lipinski definition) is 1. The van der Waals surface area contributed by atoms with Gasteiger partial charge >= 0.3 is 5.97 Å². The first-order valence-electron chi connectivity index (χ1n) is 6.22. The van der Waals surface area contributed by atoms with E-state index in [9.17, 15) is 9.59 Å². The second kappa shape index (κ2) is 7.65. The highest BCUT2D eigenvalue weighted by molar-refractivity contribution is 6.30. The lowest BCUT2D eigenvalue weighted by atomic mass is 10.1. The third-order valence-corrected chi connectivity index (χ3v) is 2.96. The van der Waals surface area contributed by atoms with Crippen LogP contribution in [-0.4, -0.2) is 24.2 Å². The van der Waals surface area contributed by atoms with Crippen molar-refractivity contribution < 1.29 is 14.3 Å². The van der Waals surface area contributed by atoms with Crippen molar-refractivity contribution in [1.29, 1.82) is 0 Å². The zero-order valence-corrected chi connectivity index (χ0v) is 12.4. The van der Waals surface area contributed by atoms with Gasteiger partial charge in [-0.25, -0.2) is 5.43 Å². The van der Waals surface area contributed by atoms with E-state index >= 15 is 0 Å². The molecule has 1 aromatic rings. The summed E-state index contributed by atoms with van der Waals surface area (Å²) in [5.41, 5.74) is 3.31. The van der Waals surface area contributed by atoms with Gasteiger partial charge in [0.1, 0.15) is 0 Å². The molecule has 5 nitrogen and oxygen atoms in total. The SMILES string of the molecule is CCOC(=O)[C@H](C)/C(C)=N/NC(=O)c1ccc(Cl)cc1. The summed E-state index contributed by atoms with van der Waals surface area (Å²) in [6.45, 7) is 5.38. The predicted octanol–water partition coefficient (Wildman–Crippen LogP) is 2.64. The van der Waals surface area contributed by atoms with Crippen molar-refractivity contribution in [1.82, 2.24) is 5.43 Å². The minimum Gasteiger partial charge on any atom is -0.465 e. The molecule has 0 aliphatic carbocycles. The number of esters is 1. The number of hydrazone groups is 1. The molecule has 1 rings (SSSR count). The second-order valence-corrected chi connectivity index (χ2v) is 4.61. The average molecular weight is 297 g/mol. The summed E-state index contributed by atoms with van der Waals surface area (Å²) in [4.78, 5) is 23.3. The summed E-state index contributed by atoms with van der Waals surface area (Å²) in [7, 11) is 0. The van der Waals surface area contributed by atoms with Gasteiger partial charge in [0.25, 0.3) is 5.91 Å². The molecular formula is C14H17ClN2O3. The standard InChI is InChI=1S/C14H17ClN2O3/c1-4-20-14(19)9(2)10(3)16-17-13(18)11-5-7-12(15)8-6-11/h5-9H,4H2,1-3H3,(H,17,18)/b16-10+/t9-/m1/s1. The van der Waals surface area contributed by atoms with E-state index in [0.717, 1.165) is 0 Å². The molecule has 0 unspecified atom stereocenters. The quantitative estimate of drug-likeness (QED) is 0.516. The second-order valence-electron chi connectivity index (χ2n) is 4.17.